The van der Waals surface area contributed by atoms with Gasteiger partial charge in [0.25, 0.3) is 0 Å². The third-order valence-electron chi connectivity index (χ3n) is 2.76. The van der Waals surface area contributed by atoms with Crippen LogP contribution in [0.1, 0.15) is 66.2 Å². The fraction of sp³-hybridized carbons (Fsp3) is 1.00. The molecule has 1 fully saturated rings. The van der Waals surface area contributed by atoms with Crippen LogP contribution in [-0.2, 0) is 0 Å². The molecule has 1 rings (SSSR count). The average Bonchev–Trinajstić information content (AvgIpc) is 2.79. The second-order valence-electron chi connectivity index (χ2n) is 4.09. The Balaban J connectivity index is 0.000000202. The van der Waals surface area contributed by atoms with Crippen LogP contribution in [0.3, 0.4) is 0 Å². The Hall–Kier alpha value is 0. The number of hydrogen-bond donors (Lipinski definition) is 0. The minimum Gasteiger partial charge on any atom is -0.0654 e. The zero-order valence-electron chi connectivity index (χ0n) is 9.40. The zero-order valence-corrected chi connectivity index (χ0v) is 9.40. The minimum absolute atomic E-state index is 1.06. The largest absolute Gasteiger partial charge is 0.0654 e. The fourth-order valence-electron chi connectivity index (χ4n) is 1.47. The first kappa shape index (κ1) is 12.0. The molecule has 0 aromatic heterocycles. The van der Waals surface area contributed by atoms with Gasteiger partial charge in [-0.3, -0.25) is 0 Å². The molecule has 0 radical (unpaired) electrons. The van der Waals surface area contributed by atoms with Gasteiger partial charge in [-0.2, -0.15) is 0 Å². The summed E-state index contributed by atoms with van der Waals surface area (Å²) in [5.74, 6) is 2.17. The van der Waals surface area contributed by atoms with E-state index in [-0.39, 0.29) is 0 Å². The van der Waals surface area contributed by atoms with Gasteiger partial charge in [0.05, 0.1) is 0 Å². The predicted octanol–water partition coefficient (Wildman–Crippen LogP) is 4.64. The highest BCUT2D eigenvalue weighted by molar-refractivity contribution is 4.80. The molecule has 0 aromatic carbocycles. The van der Waals surface area contributed by atoms with Gasteiger partial charge in [-0.25, -0.2) is 0 Å². The minimum atomic E-state index is 1.06. The Morgan fingerprint density at radius 2 is 1.42 bits per heavy atom. The van der Waals surface area contributed by atoms with Gasteiger partial charge in [0.2, 0.25) is 0 Å². The lowest BCUT2D eigenvalue weighted by molar-refractivity contribution is 0.702. The van der Waals surface area contributed by atoms with Crippen molar-refractivity contribution in [3.05, 3.63) is 0 Å². The van der Waals surface area contributed by atoms with Crippen LogP contribution in [0.4, 0.5) is 0 Å². The molecule has 0 amide bonds. The zero-order chi connectivity index (χ0) is 9.40. The number of unbranched alkanes of at least 4 members (excludes halogenated alkanes) is 3. The summed E-state index contributed by atoms with van der Waals surface area (Å²) in [6, 6.07) is 0. The molecule has 1 aliphatic carbocycles. The smallest absolute Gasteiger partial charge is 0.0388 e. The standard InChI is InChI=1S/C6H12.C6H14/c1-3-6-4-5(6)2;1-3-5-6-4-2/h5-6H,3-4H2,1-2H3;3-6H2,1-2H3. The van der Waals surface area contributed by atoms with E-state index in [9.17, 15) is 0 Å². The Morgan fingerprint density at radius 3 is 1.50 bits per heavy atom. The number of rotatable bonds is 4. The third kappa shape index (κ3) is 6.69. The van der Waals surface area contributed by atoms with Crippen molar-refractivity contribution in [2.45, 2.75) is 66.2 Å². The monoisotopic (exact) mass is 170 g/mol. The quantitative estimate of drug-likeness (QED) is 0.539. The lowest BCUT2D eigenvalue weighted by Crippen LogP contribution is -1.68. The first-order valence-electron chi connectivity index (χ1n) is 5.76. The summed E-state index contributed by atoms with van der Waals surface area (Å²) in [7, 11) is 0. The normalized spacial score (nSPS) is 26.0. The SMILES string of the molecule is CCC1CC1C.CCCCCC. The van der Waals surface area contributed by atoms with Gasteiger partial charge >= 0.3 is 0 Å². The summed E-state index contributed by atoms with van der Waals surface area (Å²) in [6.45, 7) is 9.06. The van der Waals surface area contributed by atoms with Crippen molar-refractivity contribution < 1.29 is 0 Å². The van der Waals surface area contributed by atoms with Gasteiger partial charge in [0.15, 0.2) is 0 Å². The predicted molar refractivity (Wildman–Crippen MR) is 57.4 cm³/mol. The molecule has 0 saturated heterocycles. The highest BCUT2D eigenvalue weighted by atomic mass is 14.3. The molecule has 0 aliphatic heterocycles. The van der Waals surface area contributed by atoms with Gasteiger partial charge in [-0.05, 0) is 18.3 Å². The lowest BCUT2D eigenvalue weighted by Gasteiger charge is -1.86. The Labute approximate surface area is 78.8 Å². The second-order valence-corrected chi connectivity index (χ2v) is 4.09. The molecular weight excluding hydrogens is 144 g/mol. The summed E-state index contributed by atoms with van der Waals surface area (Å²) in [5.41, 5.74) is 0. The van der Waals surface area contributed by atoms with E-state index in [1.165, 1.54) is 38.5 Å². The molecule has 0 bridgehead atoms. The van der Waals surface area contributed by atoms with Crippen molar-refractivity contribution in [3.63, 3.8) is 0 Å². The molecule has 2 unspecified atom stereocenters. The van der Waals surface area contributed by atoms with Gasteiger partial charge in [-0.15, -0.1) is 0 Å². The van der Waals surface area contributed by atoms with Crippen LogP contribution >= 0.6 is 0 Å². The van der Waals surface area contributed by atoms with Crippen LogP contribution in [0.2, 0.25) is 0 Å². The van der Waals surface area contributed by atoms with Crippen molar-refractivity contribution in [3.8, 4) is 0 Å². The second kappa shape index (κ2) is 7.64. The molecule has 12 heavy (non-hydrogen) atoms. The Morgan fingerprint density at radius 1 is 1.00 bits per heavy atom. The van der Waals surface area contributed by atoms with E-state index in [4.69, 9.17) is 0 Å². The van der Waals surface area contributed by atoms with E-state index in [0.717, 1.165) is 11.8 Å². The van der Waals surface area contributed by atoms with Crippen LogP contribution in [0.25, 0.3) is 0 Å². The molecule has 0 spiro atoms. The maximum Gasteiger partial charge on any atom is -0.0388 e. The van der Waals surface area contributed by atoms with Crippen LogP contribution < -0.4 is 0 Å². The summed E-state index contributed by atoms with van der Waals surface area (Å²) >= 11 is 0. The van der Waals surface area contributed by atoms with E-state index in [0.29, 0.717) is 0 Å². The van der Waals surface area contributed by atoms with Crippen LogP contribution in [0.5, 0.6) is 0 Å². The summed E-state index contributed by atoms with van der Waals surface area (Å²) < 4.78 is 0. The topological polar surface area (TPSA) is 0 Å². The van der Waals surface area contributed by atoms with E-state index < -0.39 is 0 Å². The number of hydrogen-bond acceptors (Lipinski definition) is 0. The molecule has 0 aromatic rings. The molecule has 0 heterocycles. The van der Waals surface area contributed by atoms with Gasteiger partial charge in [0.1, 0.15) is 0 Å². The van der Waals surface area contributed by atoms with Gasteiger partial charge < -0.3 is 0 Å². The molecule has 0 heteroatoms. The van der Waals surface area contributed by atoms with Crippen LogP contribution in [0.15, 0.2) is 0 Å². The van der Waals surface area contributed by atoms with E-state index in [2.05, 4.69) is 27.7 Å². The fourth-order valence-corrected chi connectivity index (χ4v) is 1.47. The van der Waals surface area contributed by atoms with Gasteiger partial charge in [-0.1, -0.05) is 59.8 Å². The molecule has 1 aliphatic rings. The van der Waals surface area contributed by atoms with Crippen LogP contribution in [0, 0.1) is 11.8 Å². The molecule has 2 atom stereocenters. The Kier molecular flexibility index (Phi) is 7.64. The maximum absolute atomic E-state index is 2.33. The first-order chi connectivity index (χ1) is 5.76. The van der Waals surface area contributed by atoms with Crippen molar-refractivity contribution in [1.82, 2.24) is 0 Å². The highest BCUT2D eigenvalue weighted by Gasteiger charge is 2.29. The van der Waals surface area contributed by atoms with E-state index >= 15 is 0 Å². The van der Waals surface area contributed by atoms with Crippen molar-refractivity contribution >= 4 is 0 Å². The first-order valence-corrected chi connectivity index (χ1v) is 5.76. The van der Waals surface area contributed by atoms with E-state index in [1.54, 1.807) is 0 Å². The highest BCUT2D eigenvalue weighted by Crippen LogP contribution is 2.39. The van der Waals surface area contributed by atoms with E-state index in [1.807, 2.05) is 0 Å². The maximum atomic E-state index is 2.33. The van der Waals surface area contributed by atoms with Crippen molar-refractivity contribution in [1.29, 1.82) is 0 Å². The molecule has 74 valence electrons. The van der Waals surface area contributed by atoms with Crippen LogP contribution in [-0.4, -0.2) is 0 Å². The Bertz CT molecular complexity index is 80.0. The van der Waals surface area contributed by atoms with Crippen molar-refractivity contribution in [2.75, 3.05) is 0 Å². The summed E-state index contributed by atoms with van der Waals surface area (Å²) in [4.78, 5) is 0. The summed E-state index contributed by atoms with van der Waals surface area (Å²) in [6.07, 6.45) is 8.44. The average molecular weight is 170 g/mol. The summed E-state index contributed by atoms with van der Waals surface area (Å²) in [5, 5.41) is 0. The molecule has 0 nitrogen and oxygen atoms in total. The van der Waals surface area contributed by atoms with Crippen molar-refractivity contribution in [2.24, 2.45) is 11.8 Å². The van der Waals surface area contributed by atoms with Gasteiger partial charge in [0, 0.05) is 0 Å². The lowest BCUT2D eigenvalue weighted by atomic mass is 10.2. The molecular formula is C12H26. The third-order valence-corrected chi connectivity index (χ3v) is 2.76. The molecule has 0 N–H and O–H groups in total. The molecule has 1 saturated carbocycles.